The molecule has 1 saturated carbocycles. The van der Waals surface area contributed by atoms with Gasteiger partial charge in [-0.25, -0.2) is 4.79 Å². The van der Waals surface area contributed by atoms with Crippen LogP contribution in [0.15, 0.2) is 52.2 Å². The number of H-pyrrole nitrogens is 2. The van der Waals surface area contributed by atoms with Gasteiger partial charge in [-0.1, -0.05) is 30.3 Å². The first-order valence-electron chi connectivity index (χ1n) is 10.6. The molecule has 1 aliphatic carbocycles. The summed E-state index contributed by atoms with van der Waals surface area (Å²) in [5.74, 6) is 0.321. The van der Waals surface area contributed by atoms with Crippen LogP contribution in [0.5, 0.6) is 0 Å². The number of benzene rings is 1. The number of hydrogen-bond acceptors (Lipinski definition) is 4. The lowest BCUT2D eigenvalue weighted by Crippen LogP contribution is -2.43. The number of carbonyl (C=O) groups excluding carboxylic acids is 1. The maximum Gasteiger partial charge on any atom is 0.325 e. The minimum absolute atomic E-state index is 0.00833. The molecule has 3 aromatic rings. The Balaban J connectivity index is 1.59. The lowest BCUT2D eigenvalue weighted by atomic mass is 9.81. The summed E-state index contributed by atoms with van der Waals surface area (Å²) in [7, 11) is 1.75. The van der Waals surface area contributed by atoms with Crippen molar-refractivity contribution in [3.63, 3.8) is 0 Å². The molecule has 8 heteroatoms. The SMILES string of the molecule is Cc1cc(C(=O)N(Cc2c[nH]c(=O)[nH]c2=O)C2CCC(c3ccccc3)CC2)n(C)n1. The maximum absolute atomic E-state index is 13.5. The van der Waals surface area contributed by atoms with Gasteiger partial charge in [0, 0.05) is 19.3 Å². The highest BCUT2D eigenvalue weighted by Gasteiger charge is 2.31. The summed E-state index contributed by atoms with van der Waals surface area (Å²) < 4.78 is 1.58. The topological polar surface area (TPSA) is 104 Å². The van der Waals surface area contributed by atoms with Gasteiger partial charge in [0.15, 0.2) is 0 Å². The molecule has 2 aromatic heterocycles. The van der Waals surface area contributed by atoms with Crippen molar-refractivity contribution in [2.45, 2.75) is 51.1 Å². The minimum atomic E-state index is -0.558. The van der Waals surface area contributed by atoms with E-state index < -0.39 is 11.2 Å². The summed E-state index contributed by atoms with van der Waals surface area (Å²) in [6.07, 6.45) is 5.05. The molecule has 0 spiro atoms. The second-order valence-electron chi connectivity index (χ2n) is 8.24. The molecule has 1 amide bonds. The van der Waals surface area contributed by atoms with Crippen LogP contribution in [-0.2, 0) is 13.6 Å². The number of nitrogens with zero attached hydrogens (tertiary/aromatic N) is 3. The van der Waals surface area contributed by atoms with Gasteiger partial charge in [-0.3, -0.25) is 19.3 Å². The number of rotatable bonds is 5. The van der Waals surface area contributed by atoms with E-state index in [-0.39, 0.29) is 18.5 Å². The quantitative estimate of drug-likeness (QED) is 0.660. The predicted octanol–water partition coefficient (Wildman–Crippen LogP) is 2.47. The number of amides is 1. The lowest BCUT2D eigenvalue weighted by molar-refractivity contribution is 0.0593. The normalized spacial score (nSPS) is 18.6. The van der Waals surface area contributed by atoms with Crippen LogP contribution in [0, 0.1) is 6.92 Å². The second-order valence-corrected chi connectivity index (χ2v) is 8.24. The smallest absolute Gasteiger partial charge is 0.325 e. The maximum atomic E-state index is 13.5. The highest BCUT2D eigenvalue weighted by molar-refractivity contribution is 5.93. The Labute approximate surface area is 179 Å². The van der Waals surface area contributed by atoms with E-state index in [0.29, 0.717) is 17.2 Å². The van der Waals surface area contributed by atoms with E-state index in [1.807, 2.05) is 13.0 Å². The fourth-order valence-electron chi connectivity index (χ4n) is 4.51. The van der Waals surface area contributed by atoms with Crippen LogP contribution in [0.25, 0.3) is 0 Å². The van der Waals surface area contributed by atoms with Crippen LogP contribution in [0.4, 0.5) is 0 Å². The van der Waals surface area contributed by atoms with Crippen molar-refractivity contribution >= 4 is 5.91 Å². The Morgan fingerprint density at radius 1 is 1.16 bits per heavy atom. The number of hydrogen-bond donors (Lipinski definition) is 2. The molecule has 1 fully saturated rings. The van der Waals surface area contributed by atoms with Crippen molar-refractivity contribution in [2.24, 2.45) is 7.05 Å². The number of carbonyl (C=O) groups is 1. The Morgan fingerprint density at radius 2 is 1.87 bits per heavy atom. The van der Waals surface area contributed by atoms with Gasteiger partial charge in [0.25, 0.3) is 11.5 Å². The third kappa shape index (κ3) is 4.52. The van der Waals surface area contributed by atoms with Gasteiger partial charge in [-0.05, 0) is 50.2 Å². The van der Waals surface area contributed by atoms with Crippen LogP contribution >= 0.6 is 0 Å². The van der Waals surface area contributed by atoms with Crippen molar-refractivity contribution < 1.29 is 4.79 Å². The van der Waals surface area contributed by atoms with Gasteiger partial charge in [0.05, 0.1) is 17.8 Å². The molecule has 162 valence electrons. The molecule has 0 bridgehead atoms. The molecule has 2 N–H and O–H groups in total. The van der Waals surface area contributed by atoms with Gasteiger partial charge < -0.3 is 9.88 Å². The molecular weight excluding hydrogens is 394 g/mol. The summed E-state index contributed by atoms with van der Waals surface area (Å²) in [5, 5.41) is 4.30. The Bertz CT molecular complexity index is 1170. The molecule has 0 aliphatic heterocycles. The summed E-state index contributed by atoms with van der Waals surface area (Å²) in [4.78, 5) is 43.7. The molecule has 0 atom stereocenters. The van der Waals surface area contributed by atoms with Crippen molar-refractivity contribution in [2.75, 3.05) is 0 Å². The van der Waals surface area contributed by atoms with Gasteiger partial charge >= 0.3 is 5.69 Å². The summed E-state index contributed by atoms with van der Waals surface area (Å²) >= 11 is 0. The highest BCUT2D eigenvalue weighted by Crippen LogP contribution is 2.35. The van der Waals surface area contributed by atoms with Crippen LogP contribution in [0.3, 0.4) is 0 Å². The first kappa shape index (κ1) is 20.8. The predicted molar refractivity (Wildman–Crippen MR) is 117 cm³/mol. The third-order valence-electron chi connectivity index (χ3n) is 6.13. The van der Waals surface area contributed by atoms with E-state index in [9.17, 15) is 14.4 Å². The Morgan fingerprint density at radius 3 is 2.48 bits per heavy atom. The van der Waals surface area contributed by atoms with Crippen LogP contribution < -0.4 is 11.2 Å². The minimum Gasteiger partial charge on any atom is -0.330 e. The van der Waals surface area contributed by atoms with E-state index >= 15 is 0 Å². The molecule has 0 saturated heterocycles. The first-order valence-corrected chi connectivity index (χ1v) is 10.6. The zero-order chi connectivity index (χ0) is 22.0. The number of aryl methyl sites for hydroxylation is 2. The van der Waals surface area contributed by atoms with Crippen molar-refractivity contribution in [3.8, 4) is 0 Å². The molecule has 31 heavy (non-hydrogen) atoms. The Hall–Kier alpha value is -3.42. The first-order chi connectivity index (χ1) is 14.9. The summed E-state index contributed by atoms with van der Waals surface area (Å²) in [6, 6.07) is 12.2. The summed E-state index contributed by atoms with van der Waals surface area (Å²) in [5.41, 5.74) is 1.91. The molecule has 1 aromatic carbocycles. The largest absolute Gasteiger partial charge is 0.330 e. The van der Waals surface area contributed by atoms with E-state index in [1.165, 1.54) is 11.8 Å². The van der Waals surface area contributed by atoms with E-state index in [4.69, 9.17) is 0 Å². The fourth-order valence-corrected chi connectivity index (χ4v) is 4.51. The molecule has 8 nitrogen and oxygen atoms in total. The zero-order valence-electron chi connectivity index (χ0n) is 17.8. The zero-order valence-corrected chi connectivity index (χ0v) is 17.8. The molecular formula is C23H27N5O3. The number of aromatic amines is 2. The van der Waals surface area contributed by atoms with Crippen LogP contribution in [-0.4, -0.2) is 36.6 Å². The molecule has 2 heterocycles. The van der Waals surface area contributed by atoms with Gasteiger partial charge in [0.1, 0.15) is 5.69 Å². The fraction of sp³-hybridized carbons (Fsp3) is 0.391. The molecule has 1 aliphatic rings. The van der Waals surface area contributed by atoms with E-state index in [2.05, 4.69) is 39.3 Å². The Kier molecular flexibility index (Phi) is 5.88. The van der Waals surface area contributed by atoms with E-state index in [1.54, 1.807) is 22.7 Å². The number of nitrogens with one attached hydrogen (secondary N) is 2. The van der Waals surface area contributed by atoms with E-state index in [0.717, 1.165) is 31.4 Å². The monoisotopic (exact) mass is 421 g/mol. The van der Waals surface area contributed by atoms with Crippen molar-refractivity contribution in [1.82, 2.24) is 24.6 Å². The standard InChI is InChI=1S/C23H27N5O3/c1-15-12-20(27(2)26-15)22(30)28(14-18-13-24-23(31)25-21(18)29)19-10-8-17(9-11-19)16-6-4-3-5-7-16/h3-7,12-13,17,19H,8-11,14H2,1-2H3,(H2,24,25,29,31). The van der Waals surface area contributed by atoms with Crippen LogP contribution in [0.1, 0.15) is 58.9 Å². The van der Waals surface area contributed by atoms with Crippen molar-refractivity contribution in [3.05, 3.63) is 85.9 Å². The lowest BCUT2D eigenvalue weighted by Gasteiger charge is -2.37. The average Bonchev–Trinajstić information content (AvgIpc) is 3.11. The van der Waals surface area contributed by atoms with Crippen molar-refractivity contribution in [1.29, 1.82) is 0 Å². The van der Waals surface area contributed by atoms with Gasteiger partial charge in [-0.2, -0.15) is 5.10 Å². The second kappa shape index (κ2) is 8.75. The number of aromatic nitrogens is 4. The van der Waals surface area contributed by atoms with Crippen LogP contribution in [0.2, 0.25) is 0 Å². The molecule has 4 rings (SSSR count). The van der Waals surface area contributed by atoms with Gasteiger partial charge in [0.2, 0.25) is 0 Å². The average molecular weight is 422 g/mol. The third-order valence-corrected chi connectivity index (χ3v) is 6.13. The van der Waals surface area contributed by atoms with Gasteiger partial charge in [-0.15, -0.1) is 0 Å². The highest BCUT2D eigenvalue weighted by atomic mass is 16.2. The molecule has 0 unspecified atom stereocenters. The molecule has 0 radical (unpaired) electrons. The summed E-state index contributed by atoms with van der Waals surface area (Å²) in [6.45, 7) is 1.98.